The number of nitrogens with one attached hydrogen (secondary N) is 2. The Morgan fingerprint density at radius 2 is 1.86 bits per heavy atom. The summed E-state index contributed by atoms with van der Waals surface area (Å²) in [5, 5.41) is 8.70. The molecular weight excluding hydrogens is 478 g/mol. The molecule has 7 nitrogen and oxygen atoms in total. The minimum Gasteiger partial charge on any atom is -0.336 e. The van der Waals surface area contributed by atoms with Gasteiger partial charge in [0.25, 0.3) is 0 Å². The lowest BCUT2D eigenvalue weighted by molar-refractivity contribution is 0.356. The zero-order valence-corrected chi connectivity index (χ0v) is 21.5. The van der Waals surface area contributed by atoms with Crippen molar-refractivity contribution in [3.63, 3.8) is 0 Å². The highest BCUT2D eigenvalue weighted by Crippen LogP contribution is 2.34. The summed E-state index contributed by atoms with van der Waals surface area (Å²) in [4.78, 5) is 24.7. The number of aromatic nitrogens is 7. The van der Waals surface area contributed by atoms with Crippen LogP contribution in [0.3, 0.4) is 0 Å². The van der Waals surface area contributed by atoms with E-state index in [2.05, 4.69) is 56.3 Å². The van der Waals surface area contributed by atoms with E-state index in [1.807, 2.05) is 30.9 Å². The molecule has 37 heavy (non-hydrogen) atoms. The number of hydrogen-bond donors (Lipinski definition) is 2. The lowest BCUT2D eigenvalue weighted by Crippen LogP contribution is -2.09. The van der Waals surface area contributed by atoms with E-state index < -0.39 is 0 Å². The van der Waals surface area contributed by atoms with Crippen LogP contribution in [0.1, 0.15) is 42.5 Å². The summed E-state index contributed by atoms with van der Waals surface area (Å²) >= 11 is 1.72. The van der Waals surface area contributed by atoms with Gasteiger partial charge in [0.1, 0.15) is 16.9 Å². The van der Waals surface area contributed by atoms with Crippen LogP contribution < -0.4 is 0 Å². The Kier molecular flexibility index (Phi) is 5.54. The fourth-order valence-electron chi connectivity index (χ4n) is 5.51. The number of H-pyrrole nitrogens is 2. The van der Waals surface area contributed by atoms with Crippen molar-refractivity contribution in [1.82, 2.24) is 35.1 Å². The molecule has 6 heterocycles. The SMILES string of the molecule is Cc1ccc(-c2nccc3[nH]c(-c4n[nH]c5cnc(-c6cncc(CC7CCCCC7)c6)cc45)nc23)s1. The molecule has 6 aromatic rings. The normalized spacial score (nSPS) is 14.6. The molecule has 0 radical (unpaired) electrons. The maximum absolute atomic E-state index is 4.95. The summed E-state index contributed by atoms with van der Waals surface area (Å²) in [6.07, 6.45) is 15.4. The maximum Gasteiger partial charge on any atom is 0.159 e. The molecule has 0 saturated heterocycles. The largest absolute Gasteiger partial charge is 0.336 e. The van der Waals surface area contributed by atoms with Crippen LogP contribution in [0.25, 0.3) is 55.3 Å². The second-order valence-electron chi connectivity index (χ2n) is 10.0. The van der Waals surface area contributed by atoms with E-state index in [0.29, 0.717) is 5.82 Å². The highest BCUT2D eigenvalue weighted by Gasteiger charge is 2.18. The molecule has 6 aromatic heterocycles. The number of rotatable bonds is 5. The van der Waals surface area contributed by atoms with Crippen molar-refractivity contribution in [2.24, 2.45) is 5.92 Å². The van der Waals surface area contributed by atoms with Crippen molar-refractivity contribution in [3.05, 3.63) is 65.6 Å². The fourth-order valence-corrected chi connectivity index (χ4v) is 6.37. The summed E-state index contributed by atoms with van der Waals surface area (Å²) in [7, 11) is 0. The van der Waals surface area contributed by atoms with Gasteiger partial charge in [-0.25, -0.2) is 4.98 Å². The van der Waals surface area contributed by atoms with Gasteiger partial charge in [-0.2, -0.15) is 5.10 Å². The Labute approximate surface area is 218 Å². The number of nitrogens with zero attached hydrogens (tertiary/aromatic N) is 5. The number of imidazole rings is 1. The Morgan fingerprint density at radius 1 is 0.946 bits per heavy atom. The van der Waals surface area contributed by atoms with E-state index in [9.17, 15) is 0 Å². The monoisotopic (exact) mass is 505 g/mol. The van der Waals surface area contributed by atoms with E-state index in [4.69, 9.17) is 9.97 Å². The van der Waals surface area contributed by atoms with Crippen LogP contribution in [0.15, 0.2) is 55.1 Å². The predicted octanol–water partition coefficient (Wildman–Crippen LogP) is 7.12. The molecule has 1 saturated carbocycles. The number of aryl methyl sites for hydroxylation is 1. The van der Waals surface area contributed by atoms with Crippen molar-refractivity contribution in [2.45, 2.75) is 45.4 Å². The molecule has 1 fully saturated rings. The van der Waals surface area contributed by atoms with E-state index in [1.165, 1.54) is 42.5 Å². The van der Waals surface area contributed by atoms with Gasteiger partial charge in [0.05, 0.1) is 27.8 Å². The highest BCUT2D eigenvalue weighted by molar-refractivity contribution is 7.15. The second kappa shape index (κ2) is 9.19. The number of pyridine rings is 3. The molecule has 1 aliphatic carbocycles. The molecule has 0 amide bonds. The van der Waals surface area contributed by atoms with Crippen molar-refractivity contribution in [1.29, 1.82) is 0 Å². The second-order valence-corrected chi connectivity index (χ2v) is 11.3. The lowest BCUT2D eigenvalue weighted by atomic mass is 9.85. The van der Waals surface area contributed by atoms with Gasteiger partial charge in [-0.15, -0.1) is 11.3 Å². The van der Waals surface area contributed by atoms with Gasteiger partial charge in [0.2, 0.25) is 0 Å². The first-order chi connectivity index (χ1) is 18.2. The van der Waals surface area contributed by atoms with Gasteiger partial charge < -0.3 is 4.98 Å². The Hall–Kier alpha value is -3.91. The van der Waals surface area contributed by atoms with Crippen LogP contribution in [0.5, 0.6) is 0 Å². The topological polar surface area (TPSA) is 96.0 Å². The van der Waals surface area contributed by atoms with Crippen molar-refractivity contribution in [2.75, 3.05) is 0 Å². The van der Waals surface area contributed by atoms with Crippen LogP contribution >= 0.6 is 11.3 Å². The zero-order valence-electron chi connectivity index (χ0n) is 20.7. The third-order valence-electron chi connectivity index (χ3n) is 7.39. The van der Waals surface area contributed by atoms with Crippen LogP contribution in [-0.4, -0.2) is 35.1 Å². The molecule has 0 unspecified atom stereocenters. The first-order valence-corrected chi connectivity index (χ1v) is 13.7. The van der Waals surface area contributed by atoms with Gasteiger partial charge in [0.15, 0.2) is 5.82 Å². The van der Waals surface area contributed by atoms with Crippen molar-refractivity contribution in [3.8, 4) is 33.3 Å². The fraction of sp³-hybridized carbons (Fsp3) is 0.276. The number of hydrogen-bond acceptors (Lipinski definition) is 6. The lowest BCUT2D eigenvalue weighted by Gasteiger charge is -2.21. The minimum atomic E-state index is 0.713. The first-order valence-electron chi connectivity index (χ1n) is 12.9. The van der Waals surface area contributed by atoms with E-state index in [1.54, 1.807) is 11.3 Å². The number of aromatic amines is 2. The number of fused-ring (bicyclic) bond motifs is 2. The van der Waals surface area contributed by atoms with Crippen LogP contribution in [0, 0.1) is 12.8 Å². The first kappa shape index (κ1) is 22.3. The molecule has 0 aliphatic heterocycles. The zero-order chi connectivity index (χ0) is 24.8. The van der Waals surface area contributed by atoms with Crippen molar-refractivity contribution < 1.29 is 0 Å². The van der Waals surface area contributed by atoms with E-state index in [0.717, 1.165) is 61.8 Å². The Bertz CT molecular complexity index is 1720. The van der Waals surface area contributed by atoms with Gasteiger partial charge >= 0.3 is 0 Å². The van der Waals surface area contributed by atoms with Crippen LogP contribution in [0.2, 0.25) is 0 Å². The Balaban J connectivity index is 1.26. The molecule has 7 rings (SSSR count). The molecule has 1 aliphatic rings. The molecule has 184 valence electrons. The summed E-state index contributed by atoms with van der Waals surface area (Å²) < 4.78 is 0. The number of thiophene rings is 1. The van der Waals surface area contributed by atoms with Crippen LogP contribution in [0.4, 0.5) is 0 Å². The van der Waals surface area contributed by atoms with Gasteiger partial charge in [0, 0.05) is 34.4 Å². The van der Waals surface area contributed by atoms with E-state index in [-0.39, 0.29) is 0 Å². The summed E-state index contributed by atoms with van der Waals surface area (Å²) in [6.45, 7) is 2.10. The summed E-state index contributed by atoms with van der Waals surface area (Å²) in [6, 6.07) is 10.5. The summed E-state index contributed by atoms with van der Waals surface area (Å²) in [5.74, 6) is 1.48. The molecule has 0 aromatic carbocycles. The van der Waals surface area contributed by atoms with Crippen LogP contribution in [-0.2, 0) is 6.42 Å². The third kappa shape index (κ3) is 4.21. The molecule has 8 heteroatoms. The standard InChI is InChI=1S/C29H27N7S/c1-17-7-8-25(37-17)28-27-22(9-10-31-28)33-29(34-27)26-21-13-23(32-16-24(21)35-36-26)20-12-19(14-30-15-20)11-18-5-3-2-4-6-18/h7-10,12-16,18H,2-6,11H2,1H3,(H,33,34)(H,35,36). The molecule has 2 N–H and O–H groups in total. The highest BCUT2D eigenvalue weighted by atomic mass is 32.1. The average Bonchev–Trinajstić information content (AvgIpc) is 3.66. The maximum atomic E-state index is 4.95. The van der Waals surface area contributed by atoms with E-state index >= 15 is 0 Å². The Morgan fingerprint density at radius 3 is 2.73 bits per heavy atom. The van der Waals surface area contributed by atoms with Crippen molar-refractivity contribution >= 4 is 33.3 Å². The third-order valence-corrected chi connectivity index (χ3v) is 8.39. The van der Waals surface area contributed by atoms with Gasteiger partial charge in [-0.3, -0.25) is 20.1 Å². The molecule has 0 atom stereocenters. The predicted molar refractivity (Wildman–Crippen MR) is 148 cm³/mol. The minimum absolute atomic E-state index is 0.713. The quantitative estimate of drug-likeness (QED) is 0.260. The molecule has 0 spiro atoms. The van der Waals surface area contributed by atoms with Gasteiger partial charge in [-0.05, 0) is 55.2 Å². The molecule has 0 bridgehead atoms. The van der Waals surface area contributed by atoms with Gasteiger partial charge in [-0.1, -0.05) is 32.1 Å². The smallest absolute Gasteiger partial charge is 0.159 e. The summed E-state index contributed by atoms with van der Waals surface area (Å²) in [5.41, 5.74) is 7.54. The molecular formula is C29H27N7S. The average molecular weight is 506 g/mol.